The molecule has 0 aliphatic heterocycles. The molecule has 148 valence electrons. The van der Waals surface area contributed by atoms with Gasteiger partial charge in [-0.2, -0.15) is 9.97 Å². The topological polar surface area (TPSA) is 114 Å². The first-order chi connectivity index (χ1) is 13.9. The highest BCUT2D eigenvalue weighted by Gasteiger charge is 2.27. The number of nitrogens with zero attached hydrogens (tertiary/aromatic N) is 3. The lowest BCUT2D eigenvalue weighted by atomic mass is 10.1. The molecule has 0 radical (unpaired) electrons. The van der Waals surface area contributed by atoms with Crippen molar-refractivity contribution in [1.82, 2.24) is 9.97 Å². The average molecular weight is 395 g/mol. The van der Waals surface area contributed by atoms with Gasteiger partial charge in [-0.25, -0.2) is 4.79 Å². The monoisotopic (exact) mass is 395 g/mol. The zero-order valence-electron chi connectivity index (χ0n) is 15.9. The first kappa shape index (κ1) is 19.7. The fourth-order valence-electron chi connectivity index (χ4n) is 2.43. The van der Waals surface area contributed by atoms with Crippen molar-refractivity contribution >= 4 is 11.7 Å². The molecule has 0 N–H and O–H groups in total. The Balaban J connectivity index is 1.91. The van der Waals surface area contributed by atoms with Crippen LogP contribution in [0.4, 0.5) is 5.69 Å². The van der Waals surface area contributed by atoms with E-state index in [0.29, 0.717) is 11.3 Å². The molecular formula is C20H17N3O6. The third kappa shape index (κ3) is 4.46. The van der Waals surface area contributed by atoms with Crippen molar-refractivity contribution in [1.29, 1.82) is 0 Å². The predicted molar refractivity (Wildman–Crippen MR) is 103 cm³/mol. The van der Waals surface area contributed by atoms with Crippen molar-refractivity contribution < 1.29 is 23.9 Å². The number of ether oxygens (including phenoxy) is 3. The number of esters is 1. The number of aromatic nitrogens is 2. The molecule has 9 heteroatoms. The second kappa shape index (κ2) is 8.34. The molecule has 0 unspecified atom stereocenters. The first-order valence-electron chi connectivity index (χ1n) is 8.49. The molecule has 0 saturated carbocycles. The summed E-state index contributed by atoms with van der Waals surface area (Å²) in [7, 11) is 1.27. The van der Waals surface area contributed by atoms with Gasteiger partial charge < -0.3 is 14.2 Å². The van der Waals surface area contributed by atoms with E-state index < -0.39 is 16.6 Å². The molecule has 2 aromatic carbocycles. The Morgan fingerprint density at radius 3 is 2.07 bits per heavy atom. The molecule has 0 aliphatic carbocycles. The minimum absolute atomic E-state index is 0.241. The Morgan fingerprint density at radius 1 is 0.931 bits per heavy atom. The number of hydrogen-bond acceptors (Lipinski definition) is 8. The van der Waals surface area contributed by atoms with Crippen LogP contribution >= 0.6 is 0 Å². The number of benzene rings is 2. The molecule has 0 aliphatic rings. The van der Waals surface area contributed by atoms with E-state index >= 15 is 0 Å². The van der Waals surface area contributed by atoms with Crippen LogP contribution < -0.4 is 9.47 Å². The van der Waals surface area contributed by atoms with E-state index in [-0.39, 0.29) is 17.5 Å². The van der Waals surface area contributed by atoms with Crippen LogP contribution in [-0.4, -0.2) is 28.0 Å². The second-order valence-corrected chi connectivity index (χ2v) is 6.06. The van der Waals surface area contributed by atoms with Gasteiger partial charge in [0.25, 0.3) is 0 Å². The molecular weight excluding hydrogens is 378 g/mol. The van der Waals surface area contributed by atoms with Gasteiger partial charge in [0.2, 0.25) is 0 Å². The van der Waals surface area contributed by atoms with Crippen molar-refractivity contribution in [2.24, 2.45) is 0 Å². The summed E-state index contributed by atoms with van der Waals surface area (Å²) in [5.41, 5.74) is 1.84. The van der Waals surface area contributed by atoms with Crippen LogP contribution in [0.25, 0.3) is 0 Å². The van der Waals surface area contributed by atoms with Gasteiger partial charge in [-0.05, 0) is 61.4 Å². The fraction of sp³-hybridized carbons (Fsp3) is 0.150. The molecule has 3 rings (SSSR count). The van der Waals surface area contributed by atoms with Gasteiger partial charge in [-0.1, -0.05) is 6.07 Å². The van der Waals surface area contributed by atoms with Crippen molar-refractivity contribution in [3.8, 4) is 23.3 Å². The summed E-state index contributed by atoms with van der Waals surface area (Å²) in [6.07, 6.45) is 1.11. The lowest BCUT2D eigenvalue weighted by molar-refractivity contribution is -0.387. The molecule has 0 fully saturated rings. The zero-order valence-corrected chi connectivity index (χ0v) is 15.9. The summed E-state index contributed by atoms with van der Waals surface area (Å²) in [4.78, 5) is 30.2. The maximum atomic E-state index is 11.6. The van der Waals surface area contributed by atoms with Crippen LogP contribution in [0.5, 0.6) is 23.3 Å². The second-order valence-electron chi connectivity index (χ2n) is 6.06. The summed E-state index contributed by atoms with van der Waals surface area (Å²) < 4.78 is 15.8. The fourth-order valence-corrected chi connectivity index (χ4v) is 2.43. The van der Waals surface area contributed by atoms with Crippen LogP contribution in [-0.2, 0) is 4.74 Å². The molecule has 29 heavy (non-hydrogen) atoms. The van der Waals surface area contributed by atoms with E-state index in [1.807, 2.05) is 19.9 Å². The smallest absolute Gasteiger partial charge is 0.393 e. The van der Waals surface area contributed by atoms with Gasteiger partial charge in [0.1, 0.15) is 17.8 Å². The van der Waals surface area contributed by atoms with E-state index in [1.165, 1.54) is 31.4 Å². The Hall–Kier alpha value is -4.01. The molecule has 0 saturated heterocycles. The molecule has 1 heterocycles. The van der Waals surface area contributed by atoms with Gasteiger partial charge in [0.05, 0.1) is 17.6 Å². The summed E-state index contributed by atoms with van der Waals surface area (Å²) in [6, 6.07) is 11.2. The van der Waals surface area contributed by atoms with Crippen LogP contribution in [0.2, 0.25) is 0 Å². The molecule has 3 aromatic rings. The largest absolute Gasteiger partial charge is 0.465 e. The molecule has 0 atom stereocenters. The highest BCUT2D eigenvalue weighted by atomic mass is 16.6. The standard InChI is InChI=1S/C20H17N3O6/c1-12-4-7-16(10-13(12)2)29-19-17(23(25)26)18(21-11-22-19)28-15-8-5-14(6-9-15)20(24)27-3/h4-11H,1-3H3. The molecule has 0 bridgehead atoms. The number of methoxy groups -OCH3 is 1. The number of aryl methyl sites for hydroxylation is 2. The van der Waals surface area contributed by atoms with Crippen LogP contribution in [0, 0.1) is 24.0 Å². The van der Waals surface area contributed by atoms with Gasteiger partial charge >= 0.3 is 23.4 Å². The van der Waals surface area contributed by atoms with Crippen molar-refractivity contribution in [2.45, 2.75) is 13.8 Å². The quantitative estimate of drug-likeness (QED) is 0.343. The van der Waals surface area contributed by atoms with E-state index in [0.717, 1.165) is 17.5 Å². The van der Waals surface area contributed by atoms with E-state index in [2.05, 4.69) is 14.7 Å². The first-order valence-corrected chi connectivity index (χ1v) is 8.49. The number of hydrogen-bond donors (Lipinski definition) is 0. The van der Waals surface area contributed by atoms with E-state index in [9.17, 15) is 14.9 Å². The van der Waals surface area contributed by atoms with Gasteiger partial charge in [-0.15, -0.1) is 0 Å². The lowest BCUT2D eigenvalue weighted by Crippen LogP contribution is -2.02. The van der Waals surface area contributed by atoms with Crippen LogP contribution in [0.1, 0.15) is 21.5 Å². The van der Waals surface area contributed by atoms with Crippen LogP contribution in [0.3, 0.4) is 0 Å². The Kier molecular flexibility index (Phi) is 5.68. The molecule has 0 spiro atoms. The summed E-state index contributed by atoms with van der Waals surface area (Å²) in [5.74, 6) is -0.377. The summed E-state index contributed by atoms with van der Waals surface area (Å²) in [6.45, 7) is 3.85. The Labute approximate surface area is 166 Å². The molecule has 1 aromatic heterocycles. The Morgan fingerprint density at radius 2 is 1.52 bits per heavy atom. The average Bonchev–Trinajstić information content (AvgIpc) is 2.70. The Bertz CT molecular complexity index is 1070. The predicted octanol–water partition coefficient (Wildman–Crippen LogP) is 4.37. The van der Waals surface area contributed by atoms with Crippen molar-refractivity contribution in [3.63, 3.8) is 0 Å². The SMILES string of the molecule is COC(=O)c1ccc(Oc2ncnc(Oc3ccc(C)c(C)c3)c2[N+](=O)[O-])cc1. The van der Waals surface area contributed by atoms with Crippen molar-refractivity contribution in [3.05, 3.63) is 75.6 Å². The summed E-state index contributed by atoms with van der Waals surface area (Å²) >= 11 is 0. The highest BCUT2D eigenvalue weighted by Crippen LogP contribution is 2.37. The summed E-state index contributed by atoms with van der Waals surface area (Å²) in [5, 5.41) is 11.6. The number of carbonyl (C=O) groups is 1. The van der Waals surface area contributed by atoms with Gasteiger partial charge in [0, 0.05) is 0 Å². The minimum atomic E-state index is -0.672. The van der Waals surface area contributed by atoms with Crippen LogP contribution in [0.15, 0.2) is 48.8 Å². The van der Waals surface area contributed by atoms with Crippen molar-refractivity contribution in [2.75, 3.05) is 7.11 Å². The third-order valence-corrected chi connectivity index (χ3v) is 4.12. The zero-order chi connectivity index (χ0) is 21.0. The number of rotatable bonds is 6. The minimum Gasteiger partial charge on any atom is -0.465 e. The normalized spacial score (nSPS) is 10.3. The molecule has 0 amide bonds. The van der Waals surface area contributed by atoms with Gasteiger partial charge in [0.15, 0.2) is 0 Å². The maximum absolute atomic E-state index is 11.6. The number of carbonyl (C=O) groups excluding carboxylic acids is 1. The maximum Gasteiger partial charge on any atom is 0.393 e. The van der Waals surface area contributed by atoms with E-state index in [4.69, 9.17) is 9.47 Å². The number of nitro groups is 1. The lowest BCUT2D eigenvalue weighted by Gasteiger charge is -2.10. The van der Waals surface area contributed by atoms with E-state index in [1.54, 1.807) is 12.1 Å². The highest BCUT2D eigenvalue weighted by molar-refractivity contribution is 5.89. The van der Waals surface area contributed by atoms with Gasteiger partial charge in [-0.3, -0.25) is 10.1 Å². The molecule has 9 nitrogen and oxygen atoms in total. The third-order valence-electron chi connectivity index (χ3n) is 4.12.